The maximum Gasteiger partial charge on any atom is 0.256 e. The maximum absolute atomic E-state index is 12.3. The van der Waals surface area contributed by atoms with Gasteiger partial charge in [0.1, 0.15) is 13.2 Å². The molecule has 2 heterocycles. The summed E-state index contributed by atoms with van der Waals surface area (Å²) in [6.07, 6.45) is 5.57. The largest absolute Gasteiger partial charge is 0.493 e. The van der Waals surface area contributed by atoms with Crippen molar-refractivity contribution < 1.29 is 23.8 Å². The van der Waals surface area contributed by atoms with Crippen LogP contribution in [0.3, 0.4) is 0 Å². The van der Waals surface area contributed by atoms with E-state index < -0.39 is 0 Å². The molecule has 0 N–H and O–H groups in total. The number of amides is 2. The fourth-order valence-corrected chi connectivity index (χ4v) is 2.67. The van der Waals surface area contributed by atoms with Gasteiger partial charge in [-0.25, -0.2) is 0 Å². The van der Waals surface area contributed by atoms with E-state index in [0.29, 0.717) is 49.0 Å². The second-order valence-electron chi connectivity index (χ2n) is 5.55. The molecule has 0 bridgehead atoms. The Morgan fingerprint density at radius 3 is 2.88 bits per heavy atom. The second-order valence-corrected chi connectivity index (χ2v) is 5.55. The lowest BCUT2D eigenvalue weighted by Gasteiger charge is -2.23. The zero-order chi connectivity index (χ0) is 17.1. The van der Waals surface area contributed by atoms with Crippen molar-refractivity contribution in [1.82, 2.24) is 4.90 Å². The highest BCUT2D eigenvalue weighted by Crippen LogP contribution is 2.40. The van der Waals surface area contributed by atoms with Crippen LogP contribution in [0.25, 0.3) is 6.08 Å². The standard InChI is InChI=1S/C18H19NO5/c1-12-4-3-7-19(18(12)21)16(20)6-5-13-10-14(22-2)17-15(11-13)23-8-9-24-17/h4-6,10-11H,3,7-9H2,1-2H3/b6-5+. The number of carbonyl (C=O) groups excluding carboxylic acids is 2. The average Bonchev–Trinajstić information content (AvgIpc) is 2.61. The summed E-state index contributed by atoms with van der Waals surface area (Å²) in [6.45, 7) is 3.07. The Morgan fingerprint density at radius 1 is 1.29 bits per heavy atom. The van der Waals surface area contributed by atoms with Crippen LogP contribution in [0.1, 0.15) is 18.9 Å². The van der Waals surface area contributed by atoms with Crippen molar-refractivity contribution in [3.8, 4) is 17.2 Å². The molecule has 0 aromatic heterocycles. The van der Waals surface area contributed by atoms with Gasteiger partial charge in [0.25, 0.3) is 11.8 Å². The van der Waals surface area contributed by atoms with Gasteiger partial charge in [0, 0.05) is 18.2 Å². The summed E-state index contributed by atoms with van der Waals surface area (Å²) >= 11 is 0. The van der Waals surface area contributed by atoms with Crippen LogP contribution in [0.4, 0.5) is 0 Å². The third-order valence-corrected chi connectivity index (χ3v) is 3.92. The summed E-state index contributed by atoms with van der Waals surface area (Å²) in [6, 6.07) is 3.55. The molecule has 0 saturated heterocycles. The normalized spacial score (nSPS) is 17.0. The first kappa shape index (κ1) is 16.1. The quantitative estimate of drug-likeness (QED) is 0.795. The van der Waals surface area contributed by atoms with Crippen molar-refractivity contribution in [2.45, 2.75) is 13.3 Å². The van der Waals surface area contributed by atoms with E-state index in [1.807, 2.05) is 6.08 Å². The Bertz CT molecular complexity index is 718. The van der Waals surface area contributed by atoms with Crippen LogP contribution >= 0.6 is 0 Å². The summed E-state index contributed by atoms with van der Waals surface area (Å²) in [5, 5.41) is 0. The zero-order valence-corrected chi connectivity index (χ0v) is 13.7. The van der Waals surface area contributed by atoms with Crippen molar-refractivity contribution in [3.05, 3.63) is 35.4 Å². The van der Waals surface area contributed by atoms with E-state index in [1.165, 1.54) is 11.0 Å². The van der Waals surface area contributed by atoms with Gasteiger partial charge in [0.15, 0.2) is 11.5 Å². The average molecular weight is 329 g/mol. The molecule has 1 aromatic rings. The number of rotatable bonds is 3. The molecule has 6 nitrogen and oxygen atoms in total. The molecule has 0 spiro atoms. The highest BCUT2D eigenvalue weighted by molar-refractivity contribution is 6.09. The van der Waals surface area contributed by atoms with Crippen molar-refractivity contribution in [2.24, 2.45) is 0 Å². The highest BCUT2D eigenvalue weighted by Gasteiger charge is 2.23. The zero-order valence-electron chi connectivity index (χ0n) is 13.7. The lowest BCUT2D eigenvalue weighted by Crippen LogP contribution is -2.39. The minimum Gasteiger partial charge on any atom is -0.493 e. The molecule has 0 radical (unpaired) electrons. The number of fused-ring (bicyclic) bond motifs is 1. The van der Waals surface area contributed by atoms with Crippen LogP contribution in [-0.2, 0) is 9.59 Å². The fourth-order valence-electron chi connectivity index (χ4n) is 2.67. The summed E-state index contributed by atoms with van der Waals surface area (Å²) in [5.74, 6) is 1.13. The van der Waals surface area contributed by atoms with Crippen LogP contribution in [0.15, 0.2) is 29.9 Å². The molecule has 6 heteroatoms. The molecule has 1 aromatic carbocycles. The number of carbonyl (C=O) groups is 2. The number of hydrogen-bond donors (Lipinski definition) is 0. The molecular formula is C18H19NO5. The van der Waals surface area contributed by atoms with Crippen LogP contribution in [-0.4, -0.2) is 43.6 Å². The third kappa shape index (κ3) is 3.13. The summed E-state index contributed by atoms with van der Waals surface area (Å²) in [4.78, 5) is 25.5. The Balaban J connectivity index is 1.80. The molecule has 0 saturated carbocycles. The number of ether oxygens (including phenoxy) is 3. The summed E-state index contributed by atoms with van der Waals surface area (Å²) in [7, 11) is 1.55. The van der Waals surface area contributed by atoms with Crippen LogP contribution in [0.2, 0.25) is 0 Å². The number of benzene rings is 1. The van der Waals surface area contributed by atoms with Gasteiger partial charge in [0.2, 0.25) is 5.75 Å². The summed E-state index contributed by atoms with van der Waals surface area (Å²) < 4.78 is 16.4. The predicted octanol–water partition coefficient (Wildman–Crippen LogP) is 2.18. The van der Waals surface area contributed by atoms with Crippen LogP contribution in [0.5, 0.6) is 17.2 Å². The van der Waals surface area contributed by atoms with Crippen LogP contribution < -0.4 is 14.2 Å². The lowest BCUT2D eigenvalue weighted by atomic mass is 10.1. The van der Waals surface area contributed by atoms with Gasteiger partial charge in [-0.1, -0.05) is 6.08 Å². The number of hydrogen-bond acceptors (Lipinski definition) is 5. The predicted molar refractivity (Wildman–Crippen MR) is 88.1 cm³/mol. The molecule has 0 aliphatic carbocycles. The van der Waals surface area contributed by atoms with Gasteiger partial charge in [-0.05, 0) is 37.1 Å². The molecule has 2 aliphatic heterocycles. The smallest absolute Gasteiger partial charge is 0.256 e. The van der Waals surface area contributed by atoms with E-state index in [-0.39, 0.29) is 11.8 Å². The van der Waals surface area contributed by atoms with Gasteiger partial charge in [-0.15, -0.1) is 0 Å². The van der Waals surface area contributed by atoms with Crippen LogP contribution in [0, 0.1) is 0 Å². The number of nitrogens with zero attached hydrogens (tertiary/aromatic N) is 1. The van der Waals surface area contributed by atoms with Crippen molar-refractivity contribution in [3.63, 3.8) is 0 Å². The van der Waals surface area contributed by atoms with E-state index in [2.05, 4.69) is 0 Å². The first-order chi connectivity index (χ1) is 11.6. The van der Waals surface area contributed by atoms with Gasteiger partial charge >= 0.3 is 0 Å². The van der Waals surface area contributed by atoms with Crippen molar-refractivity contribution in [2.75, 3.05) is 26.9 Å². The number of methoxy groups -OCH3 is 1. The second kappa shape index (κ2) is 6.78. The molecule has 2 aliphatic rings. The van der Waals surface area contributed by atoms with E-state index in [1.54, 1.807) is 32.2 Å². The van der Waals surface area contributed by atoms with Gasteiger partial charge in [0.05, 0.1) is 7.11 Å². The topological polar surface area (TPSA) is 65.1 Å². The Labute approximate surface area is 140 Å². The van der Waals surface area contributed by atoms with E-state index in [0.717, 1.165) is 5.56 Å². The molecule has 24 heavy (non-hydrogen) atoms. The minimum atomic E-state index is -0.332. The maximum atomic E-state index is 12.3. The first-order valence-electron chi connectivity index (χ1n) is 7.78. The molecule has 2 amide bonds. The highest BCUT2D eigenvalue weighted by atomic mass is 16.6. The minimum absolute atomic E-state index is 0.240. The van der Waals surface area contributed by atoms with Gasteiger partial charge in [-0.2, -0.15) is 0 Å². The molecule has 0 fully saturated rings. The first-order valence-corrected chi connectivity index (χ1v) is 7.78. The SMILES string of the molecule is COc1cc(/C=C/C(=O)N2CCC=C(C)C2=O)cc2c1OCCO2. The Kier molecular flexibility index (Phi) is 4.55. The molecular weight excluding hydrogens is 310 g/mol. The van der Waals surface area contributed by atoms with Crippen molar-refractivity contribution >= 4 is 17.9 Å². The van der Waals surface area contributed by atoms with E-state index in [4.69, 9.17) is 14.2 Å². The van der Waals surface area contributed by atoms with E-state index in [9.17, 15) is 9.59 Å². The van der Waals surface area contributed by atoms with Gasteiger partial charge < -0.3 is 14.2 Å². The summed E-state index contributed by atoms with van der Waals surface area (Å²) in [5.41, 5.74) is 1.34. The fraction of sp³-hybridized carbons (Fsp3) is 0.333. The van der Waals surface area contributed by atoms with E-state index >= 15 is 0 Å². The molecule has 0 atom stereocenters. The third-order valence-electron chi connectivity index (χ3n) is 3.92. The Morgan fingerprint density at radius 2 is 2.08 bits per heavy atom. The Hall–Kier alpha value is -2.76. The van der Waals surface area contributed by atoms with Crippen molar-refractivity contribution in [1.29, 1.82) is 0 Å². The number of imide groups is 1. The molecule has 0 unspecified atom stereocenters. The van der Waals surface area contributed by atoms with Gasteiger partial charge in [-0.3, -0.25) is 14.5 Å². The lowest BCUT2D eigenvalue weighted by molar-refractivity contribution is -0.139. The molecule has 126 valence electrons. The monoisotopic (exact) mass is 329 g/mol. The molecule has 3 rings (SSSR count).